The number of ether oxygens (including phenoxy) is 2. The second kappa shape index (κ2) is 42.5. The van der Waals surface area contributed by atoms with E-state index in [1.807, 2.05) is 0 Å². The molecule has 0 spiro atoms. The van der Waals surface area contributed by atoms with Gasteiger partial charge in [-0.15, -0.1) is 0 Å². The van der Waals surface area contributed by atoms with Gasteiger partial charge < -0.3 is 9.47 Å². The summed E-state index contributed by atoms with van der Waals surface area (Å²) in [6.07, 6.45) is 48.3. The Kier molecular flexibility index (Phi) is 43.1. The van der Waals surface area contributed by atoms with Gasteiger partial charge in [0.05, 0.1) is 17.8 Å². The van der Waals surface area contributed by atoms with Crippen LogP contribution in [0.3, 0.4) is 0 Å². The van der Waals surface area contributed by atoms with Crippen molar-refractivity contribution in [2.45, 2.75) is 239 Å². The van der Waals surface area contributed by atoms with Crippen molar-refractivity contribution in [3.8, 4) is 0 Å². The minimum atomic E-state index is -0.329. The number of hydrogen-bond acceptors (Lipinski definition) is 3. The molecule has 0 rings (SSSR count). The Morgan fingerprint density at radius 1 is 0.426 bits per heavy atom. The van der Waals surface area contributed by atoms with Crippen LogP contribution >= 0.6 is 0 Å². The number of hydrogen-bond donors (Lipinski definition) is 0. The molecule has 278 valence electrons. The van der Waals surface area contributed by atoms with Crippen molar-refractivity contribution in [2.75, 3.05) is 0 Å². The molecular formula is C44H84O3. The van der Waals surface area contributed by atoms with Crippen LogP contribution in [0.15, 0.2) is 37.5 Å². The van der Waals surface area contributed by atoms with Gasteiger partial charge >= 0.3 is 5.97 Å². The Labute approximate surface area is 296 Å². The average Bonchev–Trinajstić information content (AvgIpc) is 3.04. The number of allylic oxidation sites excluding steroid dienone is 2. The second-order valence-corrected chi connectivity index (χ2v) is 14.1. The van der Waals surface area contributed by atoms with Crippen molar-refractivity contribution in [1.29, 1.82) is 0 Å². The zero-order valence-electron chi connectivity index (χ0n) is 32.5. The van der Waals surface area contributed by atoms with E-state index in [1.54, 1.807) is 0 Å². The molecule has 0 N–H and O–H groups in total. The molecule has 0 aromatic rings. The maximum absolute atomic E-state index is 9.75. The molecule has 3 nitrogen and oxygen atoms in total. The predicted molar refractivity (Wildman–Crippen MR) is 210 cm³/mol. The lowest BCUT2D eigenvalue weighted by atomic mass is 10.0. The fourth-order valence-corrected chi connectivity index (χ4v) is 6.16. The van der Waals surface area contributed by atoms with Crippen molar-refractivity contribution >= 4 is 5.97 Å². The first-order valence-electron chi connectivity index (χ1n) is 20.8. The molecule has 0 aliphatic carbocycles. The molecule has 3 heteroatoms. The number of unbranched alkanes of at least 4 members (excludes halogenated alkanes) is 30. The Bertz CT molecular complexity index is 621. The lowest BCUT2D eigenvalue weighted by Gasteiger charge is -2.11. The van der Waals surface area contributed by atoms with Crippen LogP contribution in [0, 0.1) is 0 Å². The first-order chi connectivity index (χ1) is 23.0. The molecule has 0 heterocycles. The summed E-state index contributed by atoms with van der Waals surface area (Å²) in [6.45, 7) is 17.4. The molecule has 0 saturated heterocycles. The number of esters is 1. The summed E-state index contributed by atoms with van der Waals surface area (Å²) in [4.78, 5) is 9.75. The highest BCUT2D eigenvalue weighted by Crippen LogP contribution is 2.19. The summed E-state index contributed by atoms with van der Waals surface area (Å²) in [5.41, 5.74) is 0. The zero-order chi connectivity index (χ0) is 34.9. The maximum atomic E-state index is 9.75. The van der Waals surface area contributed by atoms with Gasteiger partial charge in [-0.05, 0) is 12.8 Å². The van der Waals surface area contributed by atoms with Crippen LogP contribution in [0.4, 0.5) is 0 Å². The Hall–Kier alpha value is -1.51. The molecule has 0 amide bonds. The summed E-state index contributed by atoms with van der Waals surface area (Å²) in [5.74, 6) is 1.53. The minimum Gasteiger partial charge on any atom is -0.467 e. The van der Waals surface area contributed by atoms with Crippen molar-refractivity contribution in [3.05, 3.63) is 37.5 Å². The molecule has 0 bridgehead atoms. The van der Waals surface area contributed by atoms with E-state index < -0.39 is 0 Å². The van der Waals surface area contributed by atoms with Gasteiger partial charge in [0.15, 0.2) is 0 Å². The van der Waals surface area contributed by atoms with Gasteiger partial charge in [-0.2, -0.15) is 0 Å². The molecule has 0 radical (unpaired) electrons. The highest BCUT2D eigenvalue weighted by Gasteiger charge is 2.02. The zero-order valence-corrected chi connectivity index (χ0v) is 32.5. The lowest BCUT2D eigenvalue weighted by molar-refractivity contribution is -0.135. The first kappa shape index (κ1) is 47.6. The van der Waals surface area contributed by atoms with Gasteiger partial charge in [0, 0.05) is 19.8 Å². The number of carbonyl (C=O) groups excluding carboxylic acids is 1. The van der Waals surface area contributed by atoms with Gasteiger partial charge in [-0.3, -0.25) is 4.79 Å². The lowest BCUT2D eigenvalue weighted by Crippen LogP contribution is -1.93. The van der Waals surface area contributed by atoms with E-state index in [4.69, 9.17) is 4.74 Å². The Balaban J connectivity index is 0. The van der Waals surface area contributed by atoms with Crippen molar-refractivity contribution in [2.24, 2.45) is 0 Å². The third-order valence-electron chi connectivity index (χ3n) is 9.16. The van der Waals surface area contributed by atoms with Crippen LogP contribution in [-0.2, 0) is 14.3 Å². The van der Waals surface area contributed by atoms with Gasteiger partial charge in [-0.1, -0.05) is 226 Å². The number of rotatable bonds is 37. The monoisotopic (exact) mass is 661 g/mol. The van der Waals surface area contributed by atoms with E-state index in [9.17, 15) is 4.79 Å². The predicted octanol–water partition coefficient (Wildman–Crippen LogP) is 16.0. The van der Waals surface area contributed by atoms with Crippen molar-refractivity contribution < 1.29 is 14.3 Å². The van der Waals surface area contributed by atoms with Gasteiger partial charge in [0.1, 0.15) is 0 Å². The molecule has 0 fully saturated rings. The van der Waals surface area contributed by atoms with E-state index in [0.717, 1.165) is 30.6 Å². The topological polar surface area (TPSA) is 35.5 Å². The van der Waals surface area contributed by atoms with E-state index in [-0.39, 0.29) is 5.97 Å². The van der Waals surface area contributed by atoms with Gasteiger partial charge in [0.25, 0.3) is 0 Å². The molecule has 0 saturated carbocycles. The quantitative estimate of drug-likeness (QED) is 0.0378. The molecule has 0 aliphatic heterocycles. The smallest absolute Gasteiger partial charge is 0.307 e. The molecule has 0 atom stereocenters. The van der Waals surface area contributed by atoms with Crippen LogP contribution < -0.4 is 0 Å². The van der Waals surface area contributed by atoms with E-state index >= 15 is 0 Å². The molecular weight excluding hydrogens is 576 g/mol. The summed E-state index contributed by atoms with van der Waals surface area (Å²) in [7, 11) is 0. The fourth-order valence-electron chi connectivity index (χ4n) is 6.16. The molecule has 0 aliphatic rings. The van der Waals surface area contributed by atoms with Gasteiger partial charge in [0.2, 0.25) is 0 Å². The largest absolute Gasteiger partial charge is 0.467 e. The second-order valence-electron chi connectivity index (χ2n) is 14.1. The summed E-state index contributed by atoms with van der Waals surface area (Å²) in [6, 6.07) is 0. The van der Waals surface area contributed by atoms with Gasteiger partial charge in [-0.25, -0.2) is 0 Å². The standard InChI is InChI=1S/C40H78O.C4H6O2/c1-5-7-9-11-13-15-17-19-21-23-25-27-29-31-33-35-37-39(3)41-40(4)38-36-34-32-30-28-26-24-22-20-18-16-14-12-10-8-6-2;1-3-6-4(2)5/h3-38H2,1-2H3;3H,1H2,2H3. The summed E-state index contributed by atoms with van der Waals surface area (Å²) < 4.78 is 10.1. The minimum absolute atomic E-state index is 0.329. The normalized spacial score (nSPS) is 10.7. The van der Waals surface area contributed by atoms with Crippen molar-refractivity contribution in [1.82, 2.24) is 0 Å². The molecule has 0 unspecified atom stereocenters. The first-order valence-corrected chi connectivity index (χ1v) is 20.8. The van der Waals surface area contributed by atoms with Crippen LogP contribution in [0.25, 0.3) is 0 Å². The SMILES string of the molecule is C=C(CCCCCCCCCCCCCCCCCC)OC(=C)CCCCCCCCCCCCCCCCCC.C=COC(C)=O. The van der Waals surface area contributed by atoms with Crippen LogP contribution in [-0.4, -0.2) is 5.97 Å². The van der Waals surface area contributed by atoms with Crippen LogP contribution in [0.2, 0.25) is 0 Å². The highest BCUT2D eigenvalue weighted by molar-refractivity contribution is 5.66. The average molecular weight is 661 g/mol. The van der Waals surface area contributed by atoms with Crippen molar-refractivity contribution in [3.63, 3.8) is 0 Å². The third-order valence-corrected chi connectivity index (χ3v) is 9.16. The molecule has 0 aromatic heterocycles. The summed E-state index contributed by atoms with van der Waals surface area (Å²) in [5, 5.41) is 0. The van der Waals surface area contributed by atoms with Crippen LogP contribution in [0.5, 0.6) is 0 Å². The van der Waals surface area contributed by atoms with E-state index in [1.165, 1.54) is 212 Å². The van der Waals surface area contributed by atoms with E-state index in [2.05, 4.69) is 38.3 Å². The summed E-state index contributed by atoms with van der Waals surface area (Å²) >= 11 is 0. The van der Waals surface area contributed by atoms with E-state index in [0.29, 0.717) is 0 Å². The Morgan fingerprint density at radius 2 is 0.638 bits per heavy atom. The molecule has 47 heavy (non-hydrogen) atoms. The Morgan fingerprint density at radius 3 is 0.809 bits per heavy atom. The highest BCUT2D eigenvalue weighted by atomic mass is 16.5. The fraction of sp³-hybridized carbons (Fsp3) is 0.841. The van der Waals surface area contributed by atoms with Crippen LogP contribution in [0.1, 0.15) is 239 Å². The molecule has 0 aromatic carbocycles. The maximum Gasteiger partial charge on any atom is 0.307 e. The number of carbonyl (C=O) groups is 1. The third kappa shape index (κ3) is 46.7.